The first-order chi connectivity index (χ1) is 9.57. The number of nitrogens with two attached hydrogens (primary N) is 1. The Kier molecular flexibility index (Phi) is 7.82. The molecule has 0 aliphatic rings. The SMILES string of the molecule is CC(C)(CN)CCCCN(CCO)Cc1ccccc1. The summed E-state index contributed by atoms with van der Waals surface area (Å²) >= 11 is 0. The molecule has 1 aromatic carbocycles. The molecule has 1 aromatic rings. The maximum absolute atomic E-state index is 9.18. The Hall–Kier alpha value is -0.900. The Bertz CT molecular complexity index is 351. The molecule has 3 nitrogen and oxygen atoms in total. The molecule has 3 heteroatoms. The second kappa shape index (κ2) is 9.11. The van der Waals surface area contributed by atoms with E-state index in [-0.39, 0.29) is 12.0 Å². The zero-order chi connectivity index (χ0) is 14.8. The second-order valence-electron chi connectivity index (χ2n) is 6.31. The average Bonchev–Trinajstić information content (AvgIpc) is 2.45. The number of aliphatic hydroxyl groups excluding tert-OH is 1. The normalized spacial score (nSPS) is 12.1. The van der Waals surface area contributed by atoms with Gasteiger partial charge in [-0.1, -0.05) is 50.6 Å². The predicted molar refractivity (Wildman–Crippen MR) is 85.5 cm³/mol. The maximum Gasteiger partial charge on any atom is 0.0558 e. The highest BCUT2D eigenvalue weighted by Crippen LogP contribution is 2.21. The fraction of sp³-hybridized carbons (Fsp3) is 0.647. The molecule has 0 aromatic heterocycles. The first-order valence-corrected chi connectivity index (χ1v) is 7.64. The van der Waals surface area contributed by atoms with Gasteiger partial charge in [0.2, 0.25) is 0 Å². The van der Waals surface area contributed by atoms with Gasteiger partial charge < -0.3 is 10.8 Å². The first-order valence-electron chi connectivity index (χ1n) is 7.64. The van der Waals surface area contributed by atoms with Crippen LogP contribution in [0.1, 0.15) is 38.7 Å². The number of hydrogen-bond acceptors (Lipinski definition) is 3. The van der Waals surface area contributed by atoms with Gasteiger partial charge in [0.05, 0.1) is 6.61 Å². The van der Waals surface area contributed by atoms with Crippen molar-refractivity contribution in [2.45, 2.75) is 39.7 Å². The summed E-state index contributed by atoms with van der Waals surface area (Å²) in [6.45, 7) is 8.12. The van der Waals surface area contributed by atoms with Gasteiger partial charge >= 0.3 is 0 Å². The standard InChI is InChI=1S/C17H30N2O/c1-17(2,15-18)10-6-7-11-19(12-13-20)14-16-8-4-3-5-9-16/h3-5,8-9,20H,6-7,10-15,18H2,1-2H3. The molecule has 0 bridgehead atoms. The third-order valence-corrected chi connectivity index (χ3v) is 3.80. The van der Waals surface area contributed by atoms with Crippen LogP contribution in [0.2, 0.25) is 0 Å². The highest BCUT2D eigenvalue weighted by molar-refractivity contribution is 5.14. The minimum Gasteiger partial charge on any atom is -0.395 e. The molecule has 1 rings (SSSR count). The minimum atomic E-state index is 0.223. The van der Waals surface area contributed by atoms with Crippen LogP contribution in [0.4, 0.5) is 0 Å². The average molecular weight is 278 g/mol. The van der Waals surface area contributed by atoms with Crippen LogP contribution in [-0.2, 0) is 6.54 Å². The Morgan fingerprint density at radius 2 is 1.80 bits per heavy atom. The fourth-order valence-corrected chi connectivity index (χ4v) is 2.29. The van der Waals surface area contributed by atoms with Crippen molar-refractivity contribution in [3.63, 3.8) is 0 Å². The summed E-state index contributed by atoms with van der Waals surface area (Å²) in [5, 5.41) is 9.18. The van der Waals surface area contributed by atoms with Crippen LogP contribution in [0.25, 0.3) is 0 Å². The summed E-state index contributed by atoms with van der Waals surface area (Å²) in [6.07, 6.45) is 3.53. The highest BCUT2D eigenvalue weighted by Gasteiger charge is 2.14. The monoisotopic (exact) mass is 278 g/mol. The van der Waals surface area contributed by atoms with Crippen molar-refractivity contribution >= 4 is 0 Å². The minimum absolute atomic E-state index is 0.223. The lowest BCUT2D eigenvalue weighted by molar-refractivity contribution is 0.185. The predicted octanol–water partition coefficient (Wildman–Crippen LogP) is 2.64. The van der Waals surface area contributed by atoms with E-state index < -0.39 is 0 Å². The van der Waals surface area contributed by atoms with E-state index in [1.807, 2.05) is 6.07 Å². The molecule has 0 unspecified atom stereocenters. The van der Waals surface area contributed by atoms with E-state index in [2.05, 4.69) is 43.0 Å². The number of nitrogens with zero attached hydrogens (tertiary/aromatic N) is 1. The van der Waals surface area contributed by atoms with Crippen LogP contribution in [0.3, 0.4) is 0 Å². The molecule has 0 atom stereocenters. The Morgan fingerprint density at radius 3 is 2.40 bits per heavy atom. The van der Waals surface area contributed by atoms with Gasteiger partial charge in [0, 0.05) is 13.1 Å². The van der Waals surface area contributed by atoms with E-state index in [1.54, 1.807) is 0 Å². The summed E-state index contributed by atoms with van der Waals surface area (Å²) in [6, 6.07) is 10.4. The summed E-state index contributed by atoms with van der Waals surface area (Å²) in [5.74, 6) is 0. The van der Waals surface area contributed by atoms with Crippen LogP contribution in [0.5, 0.6) is 0 Å². The van der Waals surface area contributed by atoms with E-state index in [1.165, 1.54) is 18.4 Å². The molecule has 0 fully saturated rings. The molecule has 20 heavy (non-hydrogen) atoms. The Labute approximate surface area is 123 Å². The van der Waals surface area contributed by atoms with E-state index in [4.69, 9.17) is 5.73 Å². The van der Waals surface area contributed by atoms with Crippen molar-refractivity contribution in [3.05, 3.63) is 35.9 Å². The number of benzene rings is 1. The van der Waals surface area contributed by atoms with E-state index in [0.29, 0.717) is 0 Å². The molecule has 0 radical (unpaired) electrons. The van der Waals surface area contributed by atoms with Crippen molar-refractivity contribution < 1.29 is 5.11 Å². The molecular weight excluding hydrogens is 248 g/mol. The summed E-state index contributed by atoms with van der Waals surface area (Å²) in [4.78, 5) is 2.32. The van der Waals surface area contributed by atoms with Crippen molar-refractivity contribution in [1.29, 1.82) is 0 Å². The second-order valence-corrected chi connectivity index (χ2v) is 6.31. The Balaban J connectivity index is 2.32. The third-order valence-electron chi connectivity index (χ3n) is 3.80. The van der Waals surface area contributed by atoms with Gasteiger partial charge in [-0.15, -0.1) is 0 Å². The quantitative estimate of drug-likeness (QED) is 0.647. The van der Waals surface area contributed by atoms with Gasteiger partial charge in [-0.2, -0.15) is 0 Å². The lowest BCUT2D eigenvalue weighted by Gasteiger charge is -2.24. The molecule has 0 spiro atoms. The summed E-state index contributed by atoms with van der Waals surface area (Å²) < 4.78 is 0. The van der Waals surface area contributed by atoms with Crippen molar-refractivity contribution in [2.75, 3.05) is 26.2 Å². The number of unbranched alkanes of at least 4 members (excludes halogenated alkanes) is 1. The van der Waals surface area contributed by atoms with Crippen LogP contribution in [0, 0.1) is 5.41 Å². The maximum atomic E-state index is 9.18. The number of hydrogen-bond donors (Lipinski definition) is 2. The van der Waals surface area contributed by atoms with Gasteiger partial charge in [-0.25, -0.2) is 0 Å². The molecule has 0 aliphatic carbocycles. The number of rotatable bonds is 10. The molecule has 114 valence electrons. The van der Waals surface area contributed by atoms with Crippen LogP contribution in [0.15, 0.2) is 30.3 Å². The molecule has 0 amide bonds. The lowest BCUT2D eigenvalue weighted by atomic mass is 9.87. The molecular formula is C17H30N2O. The van der Waals surface area contributed by atoms with E-state index in [0.717, 1.165) is 32.6 Å². The lowest BCUT2D eigenvalue weighted by Crippen LogP contribution is -2.28. The van der Waals surface area contributed by atoms with Crippen LogP contribution in [-0.4, -0.2) is 36.2 Å². The highest BCUT2D eigenvalue weighted by atomic mass is 16.3. The molecule has 0 saturated carbocycles. The van der Waals surface area contributed by atoms with Crippen molar-refractivity contribution in [2.24, 2.45) is 11.1 Å². The molecule has 0 saturated heterocycles. The largest absolute Gasteiger partial charge is 0.395 e. The topological polar surface area (TPSA) is 49.5 Å². The zero-order valence-electron chi connectivity index (χ0n) is 13.0. The van der Waals surface area contributed by atoms with Crippen LogP contribution < -0.4 is 5.73 Å². The zero-order valence-corrected chi connectivity index (χ0v) is 13.0. The third kappa shape index (κ3) is 7.04. The van der Waals surface area contributed by atoms with Crippen LogP contribution >= 0.6 is 0 Å². The molecule has 3 N–H and O–H groups in total. The Morgan fingerprint density at radius 1 is 1.10 bits per heavy atom. The summed E-state index contributed by atoms with van der Waals surface area (Å²) in [5.41, 5.74) is 7.31. The first kappa shape index (κ1) is 17.2. The van der Waals surface area contributed by atoms with Gasteiger partial charge in [0.15, 0.2) is 0 Å². The molecule has 0 aliphatic heterocycles. The number of aliphatic hydroxyl groups is 1. The van der Waals surface area contributed by atoms with Gasteiger partial charge in [0.25, 0.3) is 0 Å². The van der Waals surface area contributed by atoms with E-state index >= 15 is 0 Å². The van der Waals surface area contributed by atoms with Gasteiger partial charge in [0.1, 0.15) is 0 Å². The van der Waals surface area contributed by atoms with Crippen molar-refractivity contribution in [1.82, 2.24) is 4.90 Å². The van der Waals surface area contributed by atoms with E-state index in [9.17, 15) is 5.11 Å². The smallest absolute Gasteiger partial charge is 0.0558 e. The van der Waals surface area contributed by atoms with Crippen molar-refractivity contribution in [3.8, 4) is 0 Å². The van der Waals surface area contributed by atoms with Gasteiger partial charge in [-0.3, -0.25) is 4.90 Å². The summed E-state index contributed by atoms with van der Waals surface area (Å²) in [7, 11) is 0. The molecule has 0 heterocycles. The van der Waals surface area contributed by atoms with Gasteiger partial charge in [-0.05, 0) is 36.9 Å². The fourth-order valence-electron chi connectivity index (χ4n) is 2.29.